The van der Waals surface area contributed by atoms with Crippen LogP contribution in [0.3, 0.4) is 0 Å². The van der Waals surface area contributed by atoms with E-state index in [9.17, 15) is 0 Å². The standard InChI is InChI=1S/C15H13BN2S/c1-10-3-5-12(6-4-10)19-18-11(2)9-13-14(16)7-8-17-15(13)18/h3-9H,1-2H3. The Morgan fingerprint density at radius 1 is 1.11 bits per heavy atom. The van der Waals surface area contributed by atoms with Gasteiger partial charge in [0.05, 0.1) is 0 Å². The summed E-state index contributed by atoms with van der Waals surface area (Å²) in [5.41, 5.74) is 4.10. The lowest BCUT2D eigenvalue weighted by molar-refractivity contribution is 1.17. The molecule has 0 spiro atoms. The molecule has 0 aliphatic carbocycles. The summed E-state index contributed by atoms with van der Waals surface area (Å²) in [4.78, 5) is 5.63. The number of aryl methyl sites for hydroxylation is 2. The smallest absolute Gasteiger partial charge is 0.149 e. The van der Waals surface area contributed by atoms with Crippen LogP contribution in [0.15, 0.2) is 47.5 Å². The van der Waals surface area contributed by atoms with Crippen LogP contribution in [0.5, 0.6) is 0 Å². The normalized spacial score (nSPS) is 11.1. The molecule has 0 unspecified atom stereocenters. The lowest BCUT2D eigenvalue weighted by atomic mass is 9.94. The number of pyridine rings is 1. The number of rotatable bonds is 2. The third-order valence-corrected chi connectivity index (χ3v) is 4.21. The molecule has 0 fully saturated rings. The predicted molar refractivity (Wildman–Crippen MR) is 82.3 cm³/mol. The van der Waals surface area contributed by atoms with Crippen LogP contribution >= 0.6 is 11.9 Å². The lowest BCUT2D eigenvalue weighted by Gasteiger charge is -2.07. The molecule has 3 aromatic rings. The van der Waals surface area contributed by atoms with E-state index in [1.807, 2.05) is 6.07 Å². The summed E-state index contributed by atoms with van der Waals surface area (Å²) in [6.07, 6.45) is 1.75. The molecule has 0 saturated heterocycles. The van der Waals surface area contributed by atoms with Crippen LogP contribution < -0.4 is 5.46 Å². The molecule has 0 atom stereocenters. The van der Waals surface area contributed by atoms with E-state index >= 15 is 0 Å². The Balaban J connectivity index is 2.07. The molecule has 0 N–H and O–H groups in total. The van der Waals surface area contributed by atoms with Crippen molar-refractivity contribution < 1.29 is 0 Å². The SMILES string of the molecule is [B]c1ccnc2c1cc(C)n2Sc1ccc(C)cc1. The van der Waals surface area contributed by atoms with Crippen LogP contribution in [-0.2, 0) is 0 Å². The highest BCUT2D eigenvalue weighted by Gasteiger charge is 2.09. The summed E-state index contributed by atoms with van der Waals surface area (Å²) < 4.78 is 2.12. The highest BCUT2D eigenvalue weighted by molar-refractivity contribution is 7.98. The average Bonchev–Trinajstić information content (AvgIpc) is 2.71. The Hall–Kier alpha value is -1.68. The van der Waals surface area contributed by atoms with Crippen molar-refractivity contribution in [2.75, 3.05) is 0 Å². The number of fused-ring (bicyclic) bond motifs is 1. The van der Waals surface area contributed by atoms with Crippen molar-refractivity contribution in [1.82, 2.24) is 8.96 Å². The van der Waals surface area contributed by atoms with Crippen molar-refractivity contribution in [3.05, 3.63) is 53.9 Å². The number of hydrogen-bond donors (Lipinski definition) is 0. The molecule has 2 radical (unpaired) electrons. The Labute approximate surface area is 118 Å². The Morgan fingerprint density at radius 2 is 1.84 bits per heavy atom. The van der Waals surface area contributed by atoms with Crippen molar-refractivity contribution in [3.63, 3.8) is 0 Å². The third kappa shape index (κ3) is 2.28. The molecule has 92 valence electrons. The summed E-state index contributed by atoms with van der Waals surface area (Å²) >= 11 is 1.67. The van der Waals surface area contributed by atoms with Gasteiger partial charge >= 0.3 is 0 Å². The van der Waals surface area contributed by atoms with Gasteiger partial charge in [0, 0.05) is 22.2 Å². The third-order valence-electron chi connectivity index (χ3n) is 3.09. The van der Waals surface area contributed by atoms with Gasteiger partial charge in [0.2, 0.25) is 0 Å². The Bertz CT molecular complexity index is 732. The lowest BCUT2D eigenvalue weighted by Crippen LogP contribution is -2.03. The van der Waals surface area contributed by atoms with E-state index in [1.54, 1.807) is 18.1 Å². The summed E-state index contributed by atoms with van der Waals surface area (Å²) in [6, 6.07) is 12.4. The van der Waals surface area contributed by atoms with E-state index in [-0.39, 0.29) is 0 Å². The second-order valence-electron chi connectivity index (χ2n) is 4.62. The van der Waals surface area contributed by atoms with Crippen molar-refractivity contribution in [2.45, 2.75) is 18.7 Å². The van der Waals surface area contributed by atoms with Gasteiger partial charge in [0.15, 0.2) is 0 Å². The van der Waals surface area contributed by atoms with Crippen LogP contribution in [0.1, 0.15) is 11.3 Å². The summed E-state index contributed by atoms with van der Waals surface area (Å²) in [5.74, 6) is 0. The first-order valence-corrected chi connectivity index (χ1v) is 6.90. The number of aromatic nitrogens is 2. The molecule has 0 saturated carbocycles. The molecule has 0 bridgehead atoms. The zero-order chi connectivity index (χ0) is 13.4. The molecule has 19 heavy (non-hydrogen) atoms. The molecule has 4 heteroatoms. The van der Waals surface area contributed by atoms with Crippen LogP contribution in [0.2, 0.25) is 0 Å². The maximum absolute atomic E-state index is 5.99. The molecule has 2 nitrogen and oxygen atoms in total. The average molecular weight is 264 g/mol. The van der Waals surface area contributed by atoms with Gasteiger partial charge < -0.3 is 0 Å². The minimum absolute atomic E-state index is 0.774. The number of hydrogen-bond acceptors (Lipinski definition) is 2. The molecule has 2 heterocycles. The molecule has 0 amide bonds. The first-order valence-electron chi connectivity index (χ1n) is 6.13. The van der Waals surface area contributed by atoms with Crippen molar-refractivity contribution in [1.29, 1.82) is 0 Å². The molecule has 0 aliphatic rings. The fraction of sp³-hybridized carbons (Fsp3) is 0.133. The fourth-order valence-corrected chi connectivity index (χ4v) is 2.94. The highest BCUT2D eigenvalue weighted by atomic mass is 32.2. The predicted octanol–water partition coefficient (Wildman–Crippen LogP) is 3.00. The zero-order valence-corrected chi connectivity index (χ0v) is 11.7. The second kappa shape index (κ2) is 4.78. The van der Waals surface area contributed by atoms with Crippen LogP contribution in [0.25, 0.3) is 11.0 Å². The molecule has 0 aliphatic heterocycles. The highest BCUT2D eigenvalue weighted by Crippen LogP contribution is 2.27. The van der Waals surface area contributed by atoms with Gasteiger partial charge in [-0.15, -0.1) is 0 Å². The van der Waals surface area contributed by atoms with E-state index in [4.69, 9.17) is 7.85 Å². The summed E-state index contributed by atoms with van der Waals surface area (Å²) in [5, 5.41) is 1.01. The zero-order valence-electron chi connectivity index (χ0n) is 10.9. The Kier molecular flexibility index (Phi) is 3.11. The van der Waals surface area contributed by atoms with Crippen LogP contribution in [0, 0.1) is 13.8 Å². The Morgan fingerprint density at radius 3 is 2.58 bits per heavy atom. The quantitative estimate of drug-likeness (QED) is 0.662. The van der Waals surface area contributed by atoms with Gasteiger partial charge in [-0.3, -0.25) is 3.97 Å². The van der Waals surface area contributed by atoms with E-state index < -0.39 is 0 Å². The van der Waals surface area contributed by atoms with Gasteiger partial charge in [-0.1, -0.05) is 29.2 Å². The maximum atomic E-state index is 5.99. The van der Waals surface area contributed by atoms with Crippen LogP contribution in [0.4, 0.5) is 0 Å². The summed E-state index contributed by atoms with van der Waals surface area (Å²) in [7, 11) is 5.99. The summed E-state index contributed by atoms with van der Waals surface area (Å²) in [6.45, 7) is 4.16. The molecule has 2 aromatic heterocycles. The number of benzene rings is 1. The molecular formula is C15H13BN2S. The second-order valence-corrected chi connectivity index (χ2v) is 5.64. The van der Waals surface area contributed by atoms with E-state index in [0.717, 1.165) is 22.2 Å². The molecule has 1 aromatic carbocycles. The van der Waals surface area contributed by atoms with E-state index in [1.165, 1.54) is 10.5 Å². The first kappa shape index (κ1) is 12.4. The van der Waals surface area contributed by atoms with Gasteiger partial charge in [-0.05, 0) is 44.0 Å². The molecule has 3 rings (SSSR count). The van der Waals surface area contributed by atoms with Crippen molar-refractivity contribution in [2.24, 2.45) is 0 Å². The van der Waals surface area contributed by atoms with Crippen molar-refractivity contribution in [3.8, 4) is 0 Å². The maximum Gasteiger partial charge on any atom is 0.149 e. The van der Waals surface area contributed by atoms with E-state index in [2.05, 4.69) is 53.1 Å². The van der Waals surface area contributed by atoms with Gasteiger partial charge in [-0.2, -0.15) is 0 Å². The van der Waals surface area contributed by atoms with Gasteiger partial charge in [0.25, 0.3) is 0 Å². The molecular weight excluding hydrogens is 251 g/mol. The monoisotopic (exact) mass is 264 g/mol. The fourth-order valence-electron chi connectivity index (χ4n) is 2.04. The largest absolute Gasteiger partial charge is 0.268 e. The van der Waals surface area contributed by atoms with Gasteiger partial charge in [0.1, 0.15) is 13.5 Å². The first-order chi connectivity index (χ1) is 9.15. The minimum atomic E-state index is 0.774. The van der Waals surface area contributed by atoms with Gasteiger partial charge in [-0.25, -0.2) is 4.98 Å². The van der Waals surface area contributed by atoms with Crippen LogP contribution in [-0.4, -0.2) is 16.8 Å². The minimum Gasteiger partial charge on any atom is -0.268 e. The number of nitrogens with zero attached hydrogens (tertiary/aromatic N) is 2. The van der Waals surface area contributed by atoms with E-state index in [0.29, 0.717) is 0 Å². The topological polar surface area (TPSA) is 17.8 Å². The van der Waals surface area contributed by atoms with Crippen molar-refractivity contribution >= 4 is 36.3 Å².